The molecule has 1 N–H and O–H groups in total. The first-order valence-corrected chi connectivity index (χ1v) is 6.57. The second-order valence-electron chi connectivity index (χ2n) is 5.81. The molecule has 0 spiro atoms. The third-order valence-electron chi connectivity index (χ3n) is 3.62. The second kappa shape index (κ2) is 5.12. The summed E-state index contributed by atoms with van der Waals surface area (Å²) in [4.78, 5) is 0. The lowest BCUT2D eigenvalue weighted by Crippen LogP contribution is -2.27. The summed E-state index contributed by atoms with van der Waals surface area (Å²) in [6, 6.07) is 0.460. The van der Waals surface area contributed by atoms with Crippen molar-refractivity contribution >= 4 is 0 Å². The molecule has 1 aliphatic carbocycles. The molecule has 0 amide bonds. The highest BCUT2D eigenvalue weighted by Crippen LogP contribution is 2.38. The summed E-state index contributed by atoms with van der Waals surface area (Å²) >= 11 is 0. The predicted molar refractivity (Wildman–Crippen MR) is 66.4 cm³/mol. The smallest absolute Gasteiger partial charge is 0.165 e. The molecule has 0 unspecified atom stereocenters. The zero-order chi connectivity index (χ0) is 12.3. The average molecular weight is 237 g/mol. The van der Waals surface area contributed by atoms with Gasteiger partial charge in [0, 0.05) is 6.04 Å². The van der Waals surface area contributed by atoms with Gasteiger partial charge in [0.2, 0.25) is 0 Å². The third-order valence-corrected chi connectivity index (χ3v) is 3.62. The van der Waals surface area contributed by atoms with Crippen LogP contribution >= 0.6 is 0 Å². The minimum Gasteiger partial charge on any atom is -0.308 e. The number of tetrazole rings is 1. The summed E-state index contributed by atoms with van der Waals surface area (Å²) in [5, 5.41) is 15.4. The van der Waals surface area contributed by atoms with E-state index in [0.717, 1.165) is 18.9 Å². The summed E-state index contributed by atoms with van der Waals surface area (Å²) in [5.74, 6) is 0.951. The Morgan fingerprint density at radius 1 is 1.35 bits per heavy atom. The van der Waals surface area contributed by atoms with E-state index in [1.807, 2.05) is 4.68 Å². The molecule has 0 bridgehead atoms. The maximum Gasteiger partial charge on any atom is 0.165 e. The molecular formula is C12H23N5. The van der Waals surface area contributed by atoms with Gasteiger partial charge in [-0.05, 0) is 28.7 Å². The predicted octanol–water partition coefficient (Wildman–Crippen LogP) is 1.75. The van der Waals surface area contributed by atoms with Crippen LogP contribution in [0.4, 0.5) is 0 Å². The lowest BCUT2D eigenvalue weighted by atomic mass is 9.89. The number of nitrogens with zero attached hydrogens (tertiary/aromatic N) is 4. The number of nitrogens with one attached hydrogen (secondary N) is 1. The molecule has 1 saturated carbocycles. The van der Waals surface area contributed by atoms with Gasteiger partial charge in [0.1, 0.15) is 0 Å². The zero-order valence-corrected chi connectivity index (χ0v) is 11.1. The van der Waals surface area contributed by atoms with Gasteiger partial charge < -0.3 is 5.32 Å². The van der Waals surface area contributed by atoms with E-state index in [1.165, 1.54) is 25.7 Å². The maximum absolute atomic E-state index is 4.12. The maximum atomic E-state index is 4.12. The highest BCUT2D eigenvalue weighted by atomic mass is 15.5. The summed E-state index contributed by atoms with van der Waals surface area (Å²) in [5.41, 5.74) is 0.391. The van der Waals surface area contributed by atoms with Crippen molar-refractivity contribution in [2.75, 3.05) is 0 Å². The monoisotopic (exact) mass is 237 g/mol. The molecule has 1 fully saturated rings. The molecule has 0 atom stereocenters. The SMILES string of the molecule is CC(C)NCc1nnnn1CC1(C)CCCC1. The topological polar surface area (TPSA) is 55.6 Å². The first-order valence-electron chi connectivity index (χ1n) is 6.57. The zero-order valence-electron chi connectivity index (χ0n) is 11.1. The lowest BCUT2D eigenvalue weighted by Gasteiger charge is -2.23. The quantitative estimate of drug-likeness (QED) is 0.847. The van der Waals surface area contributed by atoms with Gasteiger partial charge in [-0.2, -0.15) is 0 Å². The molecule has 2 rings (SSSR count). The van der Waals surface area contributed by atoms with E-state index in [-0.39, 0.29) is 0 Å². The molecule has 0 aromatic carbocycles. The first kappa shape index (κ1) is 12.5. The number of hydrogen-bond donors (Lipinski definition) is 1. The summed E-state index contributed by atoms with van der Waals surface area (Å²) in [7, 11) is 0. The van der Waals surface area contributed by atoms with Crippen LogP contribution in [-0.4, -0.2) is 26.2 Å². The Labute approximate surface area is 103 Å². The van der Waals surface area contributed by atoms with Crippen molar-refractivity contribution in [1.29, 1.82) is 0 Å². The van der Waals surface area contributed by atoms with Crippen molar-refractivity contribution in [3.8, 4) is 0 Å². The van der Waals surface area contributed by atoms with Crippen LogP contribution in [0, 0.1) is 5.41 Å². The van der Waals surface area contributed by atoms with Gasteiger partial charge in [-0.3, -0.25) is 0 Å². The van der Waals surface area contributed by atoms with Crippen LogP contribution in [0.5, 0.6) is 0 Å². The number of hydrogen-bond acceptors (Lipinski definition) is 4. The standard InChI is InChI=1S/C12H23N5/c1-10(2)13-8-11-14-15-16-17(11)9-12(3)6-4-5-7-12/h10,13H,4-9H2,1-3H3. The molecule has 5 heteroatoms. The summed E-state index contributed by atoms with van der Waals surface area (Å²) in [6.45, 7) is 8.32. The molecule has 1 aromatic rings. The van der Waals surface area contributed by atoms with Crippen LogP contribution < -0.4 is 5.32 Å². The fourth-order valence-corrected chi connectivity index (χ4v) is 2.52. The van der Waals surface area contributed by atoms with E-state index in [4.69, 9.17) is 0 Å². The van der Waals surface area contributed by atoms with E-state index in [2.05, 4.69) is 41.6 Å². The molecule has 1 aromatic heterocycles. The van der Waals surface area contributed by atoms with Crippen LogP contribution in [0.2, 0.25) is 0 Å². The van der Waals surface area contributed by atoms with Crippen LogP contribution in [0.15, 0.2) is 0 Å². The van der Waals surface area contributed by atoms with Gasteiger partial charge in [-0.15, -0.1) is 5.10 Å². The van der Waals surface area contributed by atoms with Gasteiger partial charge in [0.15, 0.2) is 5.82 Å². The fraction of sp³-hybridized carbons (Fsp3) is 0.917. The Morgan fingerprint density at radius 3 is 2.71 bits per heavy atom. The molecule has 17 heavy (non-hydrogen) atoms. The highest BCUT2D eigenvalue weighted by molar-refractivity contribution is 4.86. The van der Waals surface area contributed by atoms with Crippen molar-refractivity contribution < 1.29 is 0 Å². The number of aromatic nitrogens is 4. The van der Waals surface area contributed by atoms with Crippen LogP contribution in [0.1, 0.15) is 52.3 Å². The normalized spacial score (nSPS) is 19.1. The lowest BCUT2D eigenvalue weighted by molar-refractivity contribution is 0.260. The second-order valence-corrected chi connectivity index (χ2v) is 5.81. The van der Waals surface area contributed by atoms with Crippen molar-refractivity contribution in [3.05, 3.63) is 5.82 Å². The molecule has 1 aliphatic rings. The molecule has 5 nitrogen and oxygen atoms in total. The first-order chi connectivity index (χ1) is 8.09. The van der Waals surface area contributed by atoms with Crippen LogP contribution in [-0.2, 0) is 13.1 Å². The summed E-state index contributed by atoms with van der Waals surface area (Å²) < 4.78 is 1.97. The van der Waals surface area contributed by atoms with E-state index in [9.17, 15) is 0 Å². The number of rotatable bonds is 5. The Balaban J connectivity index is 1.98. The third kappa shape index (κ3) is 3.25. The molecule has 0 saturated heterocycles. The van der Waals surface area contributed by atoms with Crippen LogP contribution in [0.3, 0.4) is 0 Å². The van der Waals surface area contributed by atoms with E-state index in [0.29, 0.717) is 11.5 Å². The van der Waals surface area contributed by atoms with Crippen LogP contribution in [0.25, 0.3) is 0 Å². The minimum absolute atomic E-state index is 0.391. The van der Waals surface area contributed by atoms with Crippen molar-refractivity contribution in [3.63, 3.8) is 0 Å². The highest BCUT2D eigenvalue weighted by Gasteiger charge is 2.30. The van der Waals surface area contributed by atoms with E-state index in [1.54, 1.807) is 0 Å². The van der Waals surface area contributed by atoms with E-state index < -0.39 is 0 Å². The van der Waals surface area contributed by atoms with Gasteiger partial charge in [0.25, 0.3) is 0 Å². The Kier molecular flexibility index (Phi) is 3.76. The van der Waals surface area contributed by atoms with Gasteiger partial charge in [-0.25, -0.2) is 4.68 Å². The molecule has 96 valence electrons. The molecule has 0 radical (unpaired) electrons. The Hall–Kier alpha value is -0.970. The molecule has 0 aliphatic heterocycles. The minimum atomic E-state index is 0.391. The molecule has 1 heterocycles. The molecular weight excluding hydrogens is 214 g/mol. The Morgan fingerprint density at radius 2 is 2.06 bits per heavy atom. The fourth-order valence-electron chi connectivity index (χ4n) is 2.52. The van der Waals surface area contributed by atoms with Gasteiger partial charge >= 0.3 is 0 Å². The van der Waals surface area contributed by atoms with E-state index >= 15 is 0 Å². The van der Waals surface area contributed by atoms with Crippen molar-refractivity contribution in [2.45, 2.75) is 65.6 Å². The van der Waals surface area contributed by atoms with Crippen molar-refractivity contribution in [1.82, 2.24) is 25.5 Å². The summed E-state index contributed by atoms with van der Waals surface area (Å²) in [6.07, 6.45) is 5.28. The van der Waals surface area contributed by atoms with Gasteiger partial charge in [0.05, 0.1) is 13.1 Å². The Bertz CT molecular complexity index is 352. The van der Waals surface area contributed by atoms with Crippen molar-refractivity contribution in [2.24, 2.45) is 5.41 Å². The van der Waals surface area contributed by atoms with Gasteiger partial charge in [-0.1, -0.05) is 33.6 Å². The average Bonchev–Trinajstić information content (AvgIpc) is 2.85. The largest absolute Gasteiger partial charge is 0.308 e.